The molecule has 0 bridgehead atoms. The van der Waals surface area contributed by atoms with E-state index in [9.17, 15) is 0 Å². The minimum absolute atomic E-state index is 0.401. The van der Waals surface area contributed by atoms with E-state index in [1.54, 1.807) is 4.90 Å². The van der Waals surface area contributed by atoms with Crippen LogP contribution in [0.25, 0.3) is 0 Å². The van der Waals surface area contributed by atoms with Gasteiger partial charge >= 0.3 is 0 Å². The summed E-state index contributed by atoms with van der Waals surface area (Å²) in [6.45, 7) is 9.85. The minimum Gasteiger partial charge on any atom is -0.343 e. The molecule has 2 fully saturated rings. The molecule has 21 heavy (non-hydrogen) atoms. The van der Waals surface area contributed by atoms with E-state index in [1.807, 2.05) is 0 Å². The third-order valence-electron chi connectivity index (χ3n) is 5.27. The van der Waals surface area contributed by atoms with Crippen LogP contribution in [0.15, 0.2) is 0 Å². The molecule has 4 N–H and O–H groups in total. The van der Waals surface area contributed by atoms with Crippen LogP contribution in [0, 0.1) is 17.8 Å². The van der Waals surface area contributed by atoms with Gasteiger partial charge in [-0.2, -0.15) is 0 Å². The predicted molar refractivity (Wildman–Crippen MR) is 88.7 cm³/mol. The summed E-state index contributed by atoms with van der Waals surface area (Å²) in [4.78, 5) is 1.57. The lowest BCUT2D eigenvalue weighted by Crippen LogP contribution is -3.11. The average Bonchev–Trinajstić information content (AvgIpc) is 2.50. The van der Waals surface area contributed by atoms with Crippen LogP contribution in [0.3, 0.4) is 0 Å². The van der Waals surface area contributed by atoms with Gasteiger partial charge < -0.3 is 15.5 Å². The predicted octanol–water partition coefficient (Wildman–Crippen LogP) is -0.384. The van der Waals surface area contributed by atoms with E-state index < -0.39 is 0 Å². The first-order valence-corrected chi connectivity index (χ1v) is 9.18. The van der Waals surface area contributed by atoms with Gasteiger partial charge in [0.1, 0.15) is 6.54 Å². The first-order chi connectivity index (χ1) is 10.2. The Morgan fingerprint density at radius 1 is 1.19 bits per heavy atom. The molecule has 1 aliphatic carbocycles. The van der Waals surface area contributed by atoms with E-state index in [4.69, 9.17) is 11.6 Å². The molecule has 0 aromatic carbocycles. The van der Waals surface area contributed by atoms with Gasteiger partial charge in [0.15, 0.2) is 0 Å². The van der Waals surface area contributed by atoms with Gasteiger partial charge in [0.25, 0.3) is 0 Å². The fraction of sp³-hybridized carbons (Fsp3) is 0.882. The zero-order chi connectivity index (χ0) is 15.1. The van der Waals surface area contributed by atoms with Gasteiger partial charge in [-0.1, -0.05) is 5.92 Å². The standard InChI is InChI=1S/C17H30ClN3/c1-3-21(4-2)12-6-5-10-19-16-9-11-20-17-13-14(18)7-8-15(16)17/h14-17,19-20H,3-4,7-13H2,1-2H3/p+2. The van der Waals surface area contributed by atoms with Crippen molar-refractivity contribution in [2.45, 2.75) is 57.0 Å². The highest BCUT2D eigenvalue weighted by Gasteiger charge is 2.39. The molecule has 0 spiro atoms. The number of halogens is 1. The second-order valence-electron chi connectivity index (χ2n) is 6.53. The lowest BCUT2D eigenvalue weighted by atomic mass is 9.76. The van der Waals surface area contributed by atoms with E-state index >= 15 is 0 Å². The highest BCUT2D eigenvalue weighted by atomic mass is 35.5. The Morgan fingerprint density at radius 2 is 2.00 bits per heavy atom. The third-order valence-corrected chi connectivity index (χ3v) is 5.67. The number of hydrogen-bond acceptors (Lipinski definition) is 1. The molecule has 1 aliphatic heterocycles. The molecule has 0 radical (unpaired) electrons. The summed E-state index contributed by atoms with van der Waals surface area (Å²) in [6.07, 6.45) is 4.92. The molecule has 2 aliphatic rings. The fourth-order valence-corrected chi connectivity index (χ4v) is 4.17. The van der Waals surface area contributed by atoms with E-state index in [2.05, 4.69) is 36.3 Å². The Kier molecular flexibility index (Phi) is 7.33. The molecule has 120 valence electrons. The summed E-state index contributed by atoms with van der Waals surface area (Å²) >= 11 is 6.32. The van der Waals surface area contributed by atoms with Crippen LogP contribution in [0.5, 0.6) is 0 Å². The topological polar surface area (TPSA) is 33.1 Å². The van der Waals surface area contributed by atoms with Crippen molar-refractivity contribution >= 4 is 11.6 Å². The summed E-state index contributed by atoms with van der Waals surface area (Å²) in [5, 5.41) is 6.62. The number of piperidine rings is 1. The van der Waals surface area contributed by atoms with Crippen LogP contribution in [-0.2, 0) is 0 Å². The van der Waals surface area contributed by atoms with Gasteiger partial charge in [-0.25, -0.2) is 0 Å². The number of nitrogens with one attached hydrogen (secondary N) is 2. The number of fused-ring (bicyclic) bond motifs is 1. The lowest BCUT2D eigenvalue weighted by molar-refractivity contribution is -0.889. The van der Waals surface area contributed by atoms with Crippen molar-refractivity contribution in [3.8, 4) is 11.8 Å². The molecular formula is C17H32ClN3+2. The third kappa shape index (κ3) is 5.14. The molecule has 4 heteroatoms. The van der Waals surface area contributed by atoms with E-state index in [0.717, 1.165) is 25.0 Å². The Labute approximate surface area is 135 Å². The average molecular weight is 314 g/mol. The molecule has 0 amide bonds. The number of hydrogen-bond donors (Lipinski definition) is 3. The van der Waals surface area contributed by atoms with Crippen molar-refractivity contribution in [2.24, 2.45) is 5.92 Å². The van der Waals surface area contributed by atoms with Crippen molar-refractivity contribution in [1.82, 2.24) is 5.32 Å². The summed E-state index contributed by atoms with van der Waals surface area (Å²) < 4.78 is 0. The molecular weight excluding hydrogens is 282 g/mol. The fourth-order valence-electron chi connectivity index (χ4n) is 3.84. The molecule has 2 rings (SSSR count). The van der Waals surface area contributed by atoms with Crippen molar-refractivity contribution in [2.75, 3.05) is 32.7 Å². The van der Waals surface area contributed by atoms with Crippen LogP contribution in [0.2, 0.25) is 0 Å². The maximum Gasteiger partial charge on any atom is 0.139 e. The van der Waals surface area contributed by atoms with Gasteiger partial charge in [-0.15, -0.1) is 11.6 Å². The lowest BCUT2D eigenvalue weighted by Gasteiger charge is -2.40. The molecule has 1 saturated carbocycles. The van der Waals surface area contributed by atoms with Crippen molar-refractivity contribution in [3.05, 3.63) is 0 Å². The Hall–Kier alpha value is -0.270. The van der Waals surface area contributed by atoms with Crippen LogP contribution in [0.1, 0.15) is 39.5 Å². The van der Waals surface area contributed by atoms with Crippen LogP contribution in [-0.4, -0.2) is 50.2 Å². The molecule has 4 atom stereocenters. The molecule has 4 unspecified atom stereocenters. The van der Waals surface area contributed by atoms with Gasteiger partial charge in [-0.3, -0.25) is 0 Å². The van der Waals surface area contributed by atoms with Crippen molar-refractivity contribution in [1.29, 1.82) is 0 Å². The van der Waals surface area contributed by atoms with Gasteiger partial charge in [-0.05, 0) is 32.6 Å². The smallest absolute Gasteiger partial charge is 0.139 e. The van der Waals surface area contributed by atoms with Crippen LogP contribution >= 0.6 is 11.6 Å². The first-order valence-electron chi connectivity index (χ1n) is 8.74. The van der Waals surface area contributed by atoms with Gasteiger partial charge in [0.2, 0.25) is 0 Å². The van der Waals surface area contributed by atoms with E-state index in [0.29, 0.717) is 11.4 Å². The first kappa shape index (κ1) is 17.1. The molecule has 3 nitrogen and oxygen atoms in total. The van der Waals surface area contributed by atoms with E-state index in [-0.39, 0.29) is 0 Å². The molecule has 0 aromatic heterocycles. The maximum atomic E-state index is 6.32. The highest BCUT2D eigenvalue weighted by Crippen LogP contribution is 2.30. The number of rotatable bonds is 5. The normalized spacial score (nSPS) is 32.4. The maximum absolute atomic E-state index is 6.32. The molecule has 0 aromatic rings. The monoisotopic (exact) mass is 313 g/mol. The summed E-state index contributed by atoms with van der Waals surface area (Å²) in [5.41, 5.74) is 0. The summed E-state index contributed by atoms with van der Waals surface area (Å²) in [6, 6.07) is 1.39. The van der Waals surface area contributed by atoms with Crippen LogP contribution < -0.4 is 15.5 Å². The largest absolute Gasteiger partial charge is 0.343 e. The van der Waals surface area contributed by atoms with E-state index in [1.165, 1.54) is 45.3 Å². The number of quaternary nitrogens is 2. The SMILES string of the molecule is CC[NH+](CC)CC#CCNC1CC[NH2+]C2CC(Cl)CCC12. The minimum atomic E-state index is 0.401. The summed E-state index contributed by atoms with van der Waals surface area (Å²) in [5.74, 6) is 7.44. The van der Waals surface area contributed by atoms with Gasteiger partial charge in [0.05, 0.1) is 32.2 Å². The zero-order valence-corrected chi connectivity index (χ0v) is 14.4. The number of alkyl halides is 1. The second kappa shape index (κ2) is 9.00. The second-order valence-corrected chi connectivity index (χ2v) is 7.14. The quantitative estimate of drug-likeness (QED) is 0.469. The van der Waals surface area contributed by atoms with Gasteiger partial charge in [0, 0.05) is 30.2 Å². The zero-order valence-electron chi connectivity index (χ0n) is 13.6. The summed E-state index contributed by atoms with van der Waals surface area (Å²) in [7, 11) is 0. The Bertz CT molecular complexity index is 359. The van der Waals surface area contributed by atoms with Crippen molar-refractivity contribution < 1.29 is 10.2 Å². The van der Waals surface area contributed by atoms with Crippen molar-refractivity contribution in [3.63, 3.8) is 0 Å². The molecule has 1 heterocycles. The molecule has 1 saturated heterocycles. The highest BCUT2D eigenvalue weighted by molar-refractivity contribution is 6.20. The number of nitrogens with two attached hydrogens (primary N) is 1. The Morgan fingerprint density at radius 3 is 2.76 bits per heavy atom. The van der Waals surface area contributed by atoms with Crippen LogP contribution in [0.4, 0.5) is 0 Å². The Balaban J connectivity index is 1.74.